The standard InChI is InChI=1S/C22H26N2O3/c1-23(13-18-9-10-20-21(12-18)27-16-26-20)22(25)19-8-5-11-24(15-19)14-17-6-3-2-4-7-17/h2-4,6-7,9-10,12,19H,5,8,11,13-16H2,1H3. The van der Waals surface area contributed by atoms with Crippen molar-refractivity contribution >= 4 is 5.91 Å². The molecule has 2 heterocycles. The van der Waals surface area contributed by atoms with Gasteiger partial charge < -0.3 is 14.4 Å². The molecule has 5 heteroatoms. The second kappa shape index (κ2) is 8.01. The zero-order valence-corrected chi connectivity index (χ0v) is 15.8. The number of likely N-dealkylation sites (tertiary alicyclic amines) is 1. The molecule has 2 aromatic carbocycles. The molecule has 0 N–H and O–H groups in total. The summed E-state index contributed by atoms with van der Waals surface area (Å²) in [6.07, 6.45) is 2.04. The number of carbonyl (C=O) groups is 1. The van der Waals surface area contributed by atoms with E-state index < -0.39 is 0 Å². The second-order valence-electron chi connectivity index (χ2n) is 7.44. The third-order valence-electron chi connectivity index (χ3n) is 5.34. The van der Waals surface area contributed by atoms with Crippen molar-refractivity contribution in [2.24, 2.45) is 5.92 Å². The summed E-state index contributed by atoms with van der Waals surface area (Å²) in [5.41, 5.74) is 2.37. The molecular formula is C22H26N2O3. The van der Waals surface area contributed by atoms with Crippen LogP contribution < -0.4 is 9.47 Å². The molecule has 0 radical (unpaired) electrons. The molecule has 4 rings (SSSR count). The van der Waals surface area contributed by atoms with Crippen molar-refractivity contribution in [3.05, 3.63) is 59.7 Å². The van der Waals surface area contributed by atoms with Gasteiger partial charge in [-0.25, -0.2) is 0 Å². The topological polar surface area (TPSA) is 42.0 Å². The van der Waals surface area contributed by atoms with Gasteiger partial charge in [0, 0.05) is 26.7 Å². The first kappa shape index (κ1) is 17.9. The van der Waals surface area contributed by atoms with Crippen LogP contribution in [0, 0.1) is 5.92 Å². The third kappa shape index (κ3) is 4.25. The van der Waals surface area contributed by atoms with E-state index >= 15 is 0 Å². The number of benzene rings is 2. The number of amides is 1. The zero-order chi connectivity index (χ0) is 18.6. The van der Waals surface area contributed by atoms with Crippen LogP contribution in [0.5, 0.6) is 11.5 Å². The van der Waals surface area contributed by atoms with E-state index in [-0.39, 0.29) is 18.6 Å². The SMILES string of the molecule is CN(Cc1ccc2c(c1)OCO2)C(=O)C1CCCN(Cc2ccccc2)C1. The van der Waals surface area contributed by atoms with Gasteiger partial charge in [0.05, 0.1) is 5.92 Å². The predicted octanol–water partition coefficient (Wildman–Crippen LogP) is 3.29. The van der Waals surface area contributed by atoms with Gasteiger partial charge in [-0.3, -0.25) is 9.69 Å². The molecule has 142 valence electrons. The molecule has 1 fully saturated rings. The minimum atomic E-state index is 0.0708. The Morgan fingerprint density at radius 2 is 1.93 bits per heavy atom. The Morgan fingerprint density at radius 3 is 2.78 bits per heavy atom. The van der Waals surface area contributed by atoms with Gasteiger partial charge in [0.2, 0.25) is 12.7 Å². The average Bonchev–Trinajstić information content (AvgIpc) is 3.16. The van der Waals surface area contributed by atoms with Crippen LogP contribution in [-0.4, -0.2) is 42.6 Å². The molecule has 0 spiro atoms. The molecular weight excluding hydrogens is 340 g/mol. The van der Waals surface area contributed by atoms with Crippen LogP contribution in [-0.2, 0) is 17.9 Å². The summed E-state index contributed by atoms with van der Waals surface area (Å²) in [6, 6.07) is 16.4. The fourth-order valence-corrected chi connectivity index (χ4v) is 3.95. The maximum Gasteiger partial charge on any atom is 0.231 e. The first-order chi connectivity index (χ1) is 13.2. The number of carbonyl (C=O) groups excluding carboxylic acids is 1. The van der Waals surface area contributed by atoms with Crippen molar-refractivity contribution in [3.63, 3.8) is 0 Å². The minimum absolute atomic E-state index is 0.0708. The molecule has 1 unspecified atom stereocenters. The van der Waals surface area contributed by atoms with Gasteiger partial charge in [0.25, 0.3) is 0 Å². The predicted molar refractivity (Wildman–Crippen MR) is 103 cm³/mol. The first-order valence-electron chi connectivity index (χ1n) is 9.59. The van der Waals surface area contributed by atoms with Gasteiger partial charge in [-0.15, -0.1) is 0 Å². The van der Waals surface area contributed by atoms with E-state index in [0.717, 1.165) is 49.5 Å². The van der Waals surface area contributed by atoms with Crippen molar-refractivity contribution in [2.45, 2.75) is 25.9 Å². The Hall–Kier alpha value is -2.53. The molecule has 27 heavy (non-hydrogen) atoms. The lowest BCUT2D eigenvalue weighted by Crippen LogP contribution is -2.43. The average molecular weight is 366 g/mol. The lowest BCUT2D eigenvalue weighted by molar-refractivity contribution is -0.136. The normalized spacial score (nSPS) is 19.1. The van der Waals surface area contributed by atoms with Crippen molar-refractivity contribution in [1.29, 1.82) is 0 Å². The van der Waals surface area contributed by atoms with E-state index in [1.165, 1.54) is 5.56 Å². The summed E-state index contributed by atoms with van der Waals surface area (Å²) in [6.45, 7) is 3.66. The van der Waals surface area contributed by atoms with Gasteiger partial charge in [-0.2, -0.15) is 0 Å². The first-order valence-corrected chi connectivity index (χ1v) is 9.59. The van der Waals surface area contributed by atoms with Crippen LogP contribution in [0.15, 0.2) is 48.5 Å². The zero-order valence-electron chi connectivity index (χ0n) is 15.8. The molecule has 2 aromatic rings. The summed E-state index contributed by atoms with van der Waals surface area (Å²) in [4.78, 5) is 17.2. The van der Waals surface area contributed by atoms with Gasteiger partial charge in [-0.05, 0) is 42.6 Å². The summed E-state index contributed by atoms with van der Waals surface area (Å²) in [7, 11) is 1.89. The molecule has 5 nitrogen and oxygen atoms in total. The minimum Gasteiger partial charge on any atom is -0.454 e. The van der Waals surface area contributed by atoms with Crippen molar-refractivity contribution < 1.29 is 14.3 Å². The van der Waals surface area contributed by atoms with E-state index in [0.29, 0.717) is 6.54 Å². The van der Waals surface area contributed by atoms with E-state index in [2.05, 4.69) is 29.2 Å². The fourth-order valence-electron chi connectivity index (χ4n) is 3.95. The maximum atomic E-state index is 13.0. The number of hydrogen-bond acceptors (Lipinski definition) is 4. The fraction of sp³-hybridized carbons (Fsp3) is 0.409. The summed E-state index contributed by atoms with van der Waals surface area (Å²) in [5, 5.41) is 0. The Kier molecular flexibility index (Phi) is 5.30. The van der Waals surface area contributed by atoms with Crippen LogP contribution in [0.3, 0.4) is 0 Å². The molecule has 0 aromatic heterocycles. The van der Waals surface area contributed by atoms with Gasteiger partial charge in [-0.1, -0.05) is 36.4 Å². The van der Waals surface area contributed by atoms with Crippen LogP contribution in [0.25, 0.3) is 0 Å². The largest absolute Gasteiger partial charge is 0.454 e. The molecule has 0 saturated carbocycles. The van der Waals surface area contributed by atoms with E-state index in [4.69, 9.17) is 9.47 Å². The number of nitrogens with zero attached hydrogens (tertiary/aromatic N) is 2. The quantitative estimate of drug-likeness (QED) is 0.814. The number of ether oxygens (including phenoxy) is 2. The highest BCUT2D eigenvalue weighted by Crippen LogP contribution is 2.33. The van der Waals surface area contributed by atoms with Crippen molar-refractivity contribution in [2.75, 3.05) is 26.9 Å². The summed E-state index contributed by atoms with van der Waals surface area (Å²) in [5.74, 6) is 1.84. The molecule has 1 saturated heterocycles. The smallest absolute Gasteiger partial charge is 0.231 e. The van der Waals surface area contributed by atoms with E-state index in [9.17, 15) is 4.79 Å². The number of fused-ring (bicyclic) bond motifs is 1. The van der Waals surface area contributed by atoms with E-state index in [1.54, 1.807) is 0 Å². The second-order valence-corrected chi connectivity index (χ2v) is 7.44. The van der Waals surface area contributed by atoms with E-state index in [1.807, 2.05) is 36.2 Å². The molecule has 2 aliphatic rings. The monoisotopic (exact) mass is 366 g/mol. The highest BCUT2D eigenvalue weighted by atomic mass is 16.7. The summed E-state index contributed by atoms with van der Waals surface area (Å²) >= 11 is 0. The highest BCUT2D eigenvalue weighted by Gasteiger charge is 2.28. The van der Waals surface area contributed by atoms with Gasteiger partial charge in [0.1, 0.15) is 0 Å². The number of piperidine rings is 1. The molecule has 0 aliphatic carbocycles. The lowest BCUT2D eigenvalue weighted by Gasteiger charge is -2.34. The molecule has 1 amide bonds. The van der Waals surface area contributed by atoms with Gasteiger partial charge >= 0.3 is 0 Å². The van der Waals surface area contributed by atoms with Crippen LogP contribution in [0.2, 0.25) is 0 Å². The third-order valence-corrected chi connectivity index (χ3v) is 5.34. The molecule has 0 bridgehead atoms. The Labute approximate surface area is 160 Å². The van der Waals surface area contributed by atoms with Gasteiger partial charge in [0.15, 0.2) is 11.5 Å². The van der Waals surface area contributed by atoms with Crippen LogP contribution in [0.1, 0.15) is 24.0 Å². The molecule has 2 aliphatic heterocycles. The highest BCUT2D eigenvalue weighted by molar-refractivity contribution is 5.79. The summed E-state index contributed by atoms with van der Waals surface area (Å²) < 4.78 is 10.8. The van der Waals surface area contributed by atoms with Crippen molar-refractivity contribution in [1.82, 2.24) is 9.80 Å². The number of hydrogen-bond donors (Lipinski definition) is 0. The lowest BCUT2D eigenvalue weighted by atomic mass is 9.96. The Balaban J connectivity index is 1.35. The number of rotatable bonds is 5. The maximum absolute atomic E-state index is 13.0. The van der Waals surface area contributed by atoms with Crippen molar-refractivity contribution in [3.8, 4) is 11.5 Å². The Bertz CT molecular complexity index is 793. The molecule has 1 atom stereocenters. The van der Waals surface area contributed by atoms with Crippen LogP contribution in [0.4, 0.5) is 0 Å². The van der Waals surface area contributed by atoms with Crippen LogP contribution >= 0.6 is 0 Å². The Morgan fingerprint density at radius 1 is 1.11 bits per heavy atom.